The Bertz CT molecular complexity index is 950. The van der Waals surface area contributed by atoms with Gasteiger partial charge in [0.05, 0.1) is 4.88 Å². The number of hydrogen-bond donors (Lipinski definition) is 1. The van der Waals surface area contributed by atoms with E-state index in [-0.39, 0.29) is 11.6 Å². The molecule has 3 rings (SSSR count). The summed E-state index contributed by atoms with van der Waals surface area (Å²) in [7, 11) is 0. The number of rotatable bonds is 6. The van der Waals surface area contributed by atoms with Crippen molar-refractivity contribution in [3.8, 4) is 10.4 Å². The first-order chi connectivity index (χ1) is 12.4. The van der Waals surface area contributed by atoms with Crippen LogP contribution in [0.4, 0.5) is 10.1 Å². The molecule has 4 nitrogen and oxygen atoms in total. The Labute approximate surface area is 157 Å². The van der Waals surface area contributed by atoms with E-state index < -0.39 is 11.3 Å². The maximum absolute atomic E-state index is 13.2. The lowest BCUT2D eigenvalue weighted by atomic mass is 10.0. The van der Waals surface area contributed by atoms with Gasteiger partial charge in [0.1, 0.15) is 5.82 Å². The zero-order chi connectivity index (χ0) is 18.7. The van der Waals surface area contributed by atoms with E-state index in [9.17, 15) is 17.9 Å². The highest BCUT2D eigenvalue weighted by atomic mass is 32.2. The second-order valence-corrected chi connectivity index (χ2v) is 7.46. The van der Waals surface area contributed by atoms with Crippen LogP contribution in [0.15, 0.2) is 54.6 Å². The number of Topliss-reactive ketones (excluding diaryl/α,β-unsaturated/α-hetero) is 1. The highest BCUT2D eigenvalue weighted by molar-refractivity contribution is 7.80. The Morgan fingerprint density at radius 3 is 2.38 bits per heavy atom. The average Bonchev–Trinajstić information content (AvgIpc) is 3.01. The summed E-state index contributed by atoms with van der Waals surface area (Å²) >= 11 is -0.969. The standard InChI is InChI=1S/C19H16FNO3S2/c1-12(22)18-11-15(19(25-18)14-4-6-16(20)7-5-14)10-13-2-8-17(9-3-13)21-26(23)24/h2-9,11,21H,10H2,1H3,(H,23,24)/p-1. The molecule has 1 unspecified atom stereocenters. The fourth-order valence-electron chi connectivity index (χ4n) is 2.59. The molecule has 0 aliphatic carbocycles. The van der Waals surface area contributed by atoms with E-state index >= 15 is 0 Å². The van der Waals surface area contributed by atoms with Gasteiger partial charge in [-0.15, -0.1) is 11.3 Å². The molecule has 7 heteroatoms. The van der Waals surface area contributed by atoms with Gasteiger partial charge < -0.3 is 9.27 Å². The highest BCUT2D eigenvalue weighted by Crippen LogP contribution is 2.34. The summed E-state index contributed by atoms with van der Waals surface area (Å²) in [6.07, 6.45) is 0.581. The SMILES string of the molecule is CC(=O)c1cc(Cc2ccc(NS(=O)[O-])cc2)c(-c2ccc(F)cc2)s1. The Hall–Kier alpha value is -2.35. The number of anilines is 1. The molecule has 2 aromatic carbocycles. The van der Waals surface area contributed by atoms with Crippen molar-refractivity contribution in [1.29, 1.82) is 0 Å². The Morgan fingerprint density at radius 2 is 1.81 bits per heavy atom. The molecule has 0 bridgehead atoms. The van der Waals surface area contributed by atoms with Crippen molar-refractivity contribution >= 4 is 34.1 Å². The van der Waals surface area contributed by atoms with Crippen molar-refractivity contribution in [3.05, 3.63) is 76.4 Å². The lowest BCUT2D eigenvalue weighted by molar-refractivity contribution is 0.102. The number of carbonyl (C=O) groups is 1. The number of nitrogens with one attached hydrogen (secondary N) is 1. The van der Waals surface area contributed by atoms with Gasteiger partial charge in [-0.3, -0.25) is 9.00 Å². The van der Waals surface area contributed by atoms with E-state index in [0.29, 0.717) is 17.0 Å². The predicted molar refractivity (Wildman–Crippen MR) is 102 cm³/mol. The zero-order valence-corrected chi connectivity index (χ0v) is 15.5. The first-order valence-corrected chi connectivity index (χ1v) is 9.66. The van der Waals surface area contributed by atoms with Crippen LogP contribution in [-0.4, -0.2) is 14.5 Å². The third kappa shape index (κ3) is 4.43. The van der Waals surface area contributed by atoms with E-state index in [0.717, 1.165) is 21.6 Å². The molecule has 26 heavy (non-hydrogen) atoms. The van der Waals surface area contributed by atoms with Gasteiger partial charge in [-0.25, -0.2) is 4.39 Å². The Balaban J connectivity index is 1.92. The zero-order valence-electron chi connectivity index (χ0n) is 13.8. The molecule has 1 aromatic heterocycles. The topological polar surface area (TPSA) is 69.2 Å². The van der Waals surface area contributed by atoms with Crippen LogP contribution >= 0.6 is 11.3 Å². The largest absolute Gasteiger partial charge is 0.755 e. The van der Waals surface area contributed by atoms with Crippen molar-refractivity contribution in [1.82, 2.24) is 0 Å². The minimum Gasteiger partial charge on any atom is -0.755 e. The fraction of sp³-hybridized carbons (Fsp3) is 0.105. The number of halogens is 1. The van der Waals surface area contributed by atoms with E-state index in [1.807, 2.05) is 18.2 Å². The minimum atomic E-state index is -2.36. The van der Waals surface area contributed by atoms with Gasteiger partial charge in [-0.05, 0) is 60.4 Å². The Kier molecular flexibility index (Phi) is 5.61. The molecule has 3 aromatic rings. The molecule has 1 N–H and O–H groups in total. The number of ketones is 1. The maximum Gasteiger partial charge on any atom is 0.169 e. The van der Waals surface area contributed by atoms with Crippen molar-refractivity contribution in [2.45, 2.75) is 13.3 Å². The summed E-state index contributed by atoms with van der Waals surface area (Å²) in [5, 5.41) is 0. The van der Waals surface area contributed by atoms with E-state index in [2.05, 4.69) is 4.72 Å². The molecule has 0 spiro atoms. The van der Waals surface area contributed by atoms with Crippen molar-refractivity contribution in [2.75, 3.05) is 4.72 Å². The molecule has 0 aliphatic rings. The summed E-state index contributed by atoms with van der Waals surface area (Å²) in [5.74, 6) is -0.320. The summed E-state index contributed by atoms with van der Waals surface area (Å²) in [4.78, 5) is 13.4. The quantitative estimate of drug-likeness (QED) is 0.497. The summed E-state index contributed by atoms with van der Waals surface area (Å²) in [6, 6.07) is 15.1. The van der Waals surface area contributed by atoms with Gasteiger partial charge in [0.25, 0.3) is 0 Å². The third-order valence-electron chi connectivity index (χ3n) is 3.81. The van der Waals surface area contributed by atoms with Gasteiger partial charge in [0.15, 0.2) is 5.78 Å². The molecule has 1 heterocycles. The predicted octanol–water partition coefficient (Wildman–Crippen LogP) is 4.55. The molecule has 0 saturated carbocycles. The lowest BCUT2D eigenvalue weighted by Crippen LogP contribution is -2.02. The summed E-state index contributed by atoms with van der Waals surface area (Å²) in [5.41, 5.74) is 3.29. The fourth-order valence-corrected chi connectivity index (χ4v) is 4.00. The molecule has 134 valence electrons. The first kappa shape index (κ1) is 18.4. The highest BCUT2D eigenvalue weighted by Gasteiger charge is 2.14. The van der Waals surface area contributed by atoms with E-state index in [4.69, 9.17) is 0 Å². The molecular weight excluding hydrogens is 373 g/mol. The van der Waals surface area contributed by atoms with Crippen LogP contribution in [0, 0.1) is 5.82 Å². The van der Waals surface area contributed by atoms with E-state index in [1.165, 1.54) is 30.4 Å². The van der Waals surface area contributed by atoms with Crippen LogP contribution in [0.25, 0.3) is 10.4 Å². The van der Waals surface area contributed by atoms with Gasteiger partial charge in [-0.1, -0.05) is 24.3 Å². The van der Waals surface area contributed by atoms with Gasteiger partial charge in [0.2, 0.25) is 0 Å². The second kappa shape index (κ2) is 7.90. The van der Waals surface area contributed by atoms with Crippen molar-refractivity contribution in [3.63, 3.8) is 0 Å². The average molecular weight is 388 g/mol. The molecule has 0 radical (unpaired) electrons. The monoisotopic (exact) mass is 388 g/mol. The van der Waals surface area contributed by atoms with Gasteiger partial charge in [0, 0.05) is 21.8 Å². The molecule has 1 atom stereocenters. The summed E-state index contributed by atoms with van der Waals surface area (Å²) in [6.45, 7) is 1.52. The molecular formula is C19H15FNO3S2-. The molecule has 0 fully saturated rings. The third-order valence-corrected chi connectivity index (χ3v) is 5.54. The van der Waals surface area contributed by atoms with Crippen LogP contribution < -0.4 is 4.72 Å². The smallest absolute Gasteiger partial charge is 0.169 e. The molecule has 0 saturated heterocycles. The Morgan fingerprint density at radius 1 is 1.15 bits per heavy atom. The number of hydrogen-bond acceptors (Lipinski definition) is 4. The van der Waals surface area contributed by atoms with Gasteiger partial charge >= 0.3 is 0 Å². The number of thiophene rings is 1. The van der Waals surface area contributed by atoms with Crippen LogP contribution in [0.1, 0.15) is 27.7 Å². The maximum atomic E-state index is 13.2. The number of carbonyl (C=O) groups excluding carboxylic acids is 1. The second-order valence-electron chi connectivity index (χ2n) is 5.74. The summed E-state index contributed by atoms with van der Waals surface area (Å²) < 4.78 is 36.8. The lowest BCUT2D eigenvalue weighted by Gasteiger charge is -2.09. The number of benzene rings is 2. The molecule has 0 aliphatic heterocycles. The van der Waals surface area contributed by atoms with Crippen molar-refractivity contribution < 1.29 is 17.9 Å². The van der Waals surface area contributed by atoms with Crippen LogP contribution in [-0.2, 0) is 17.7 Å². The van der Waals surface area contributed by atoms with Gasteiger partial charge in [-0.2, -0.15) is 0 Å². The minimum absolute atomic E-state index is 0.0120. The van der Waals surface area contributed by atoms with Crippen LogP contribution in [0.2, 0.25) is 0 Å². The van der Waals surface area contributed by atoms with Crippen LogP contribution in [0.5, 0.6) is 0 Å². The van der Waals surface area contributed by atoms with Crippen LogP contribution in [0.3, 0.4) is 0 Å². The molecule has 0 amide bonds. The normalized spacial score (nSPS) is 12.0. The van der Waals surface area contributed by atoms with Crippen molar-refractivity contribution in [2.24, 2.45) is 0 Å². The first-order valence-electron chi connectivity index (χ1n) is 7.77. The van der Waals surface area contributed by atoms with E-state index in [1.54, 1.807) is 24.3 Å².